The van der Waals surface area contributed by atoms with Gasteiger partial charge in [-0.3, -0.25) is 0 Å². The molecule has 2 aromatic carbocycles. The van der Waals surface area contributed by atoms with Gasteiger partial charge in [-0.25, -0.2) is 0 Å². The van der Waals surface area contributed by atoms with Crippen molar-refractivity contribution in [1.29, 1.82) is 0 Å². The molecule has 1 aliphatic rings. The zero-order chi connectivity index (χ0) is 11.5. The number of hydrogen-bond acceptors (Lipinski definition) is 2. The van der Waals surface area contributed by atoms with Gasteiger partial charge in [-0.05, 0) is 42.3 Å². The van der Waals surface area contributed by atoms with Crippen LogP contribution >= 0.6 is 0 Å². The van der Waals surface area contributed by atoms with Crippen LogP contribution in [-0.2, 0) is 0 Å². The van der Waals surface area contributed by atoms with Gasteiger partial charge in [-0.15, -0.1) is 0 Å². The third-order valence-electron chi connectivity index (χ3n) is 3.28. The second-order valence-electron chi connectivity index (χ2n) is 4.60. The molecule has 1 fully saturated rings. The standard InChI is InChI=1S/C15H17NO/c1-2-5-13-10-14(8-7-12(13)4-1)17-15-6-3-9-16-11-15/h1-2,4-5,7-8,10,15-16H,3,6,9,11H2. The summed E-state index contributed by atoms with van der Waals surface area (Å²) in [5.74, 6) is 0.984. The van der Waals surface area contributed by atoms with E-state index in [0.717, 1.165) is 25.3 Å². The van der Waals surface area contributed by atoms with Gasteiger partial charge in [0, 0.05) is 6.54 Å². The normalized spacial score (nSPS) is 20.4. The van der Waals surface area contributed by atoms with E-state index in [1.165, 1.54) is 17.2 Å². The molecule has 3 rings (SSSR count). The van der Waals surface area contributed by atoms with Crippen molar-refractivity contribution in [2.45, 2.75) is 18.9 Å². The number of piperidine rings is 1. The van der Waals surface area contributed by atoms with Crippen LogP contribution in [0.5, 0.6) is 5.75 Å². The Labute approximate surface area is 102 Å². The first kappa shape index (κ1) is 10.6. The molecule has 1 unspecified atom stereocenters. The minimum absolute atomic E-state index is 0.324. The van der Waals surface area contributed by atoms with Crippen molar-refractivity contribution >= 4 is 10.8 Å². The Kier molecular flexibility index (Phi) is 2.97. The van der Waals surface area contributed by atoms with Gasteiger partial charge in [-0.1, -0.05) is 30.3 Å². The van der Waals surface area contributed by atoms with Crippen molar-refractivity contribution in [3.05, 3.63) is 42.5 Å². The molecule has 1 heterocycles. The smallest absolute Gasteiger partial charge is 0.120 e. The number of ether oxygens (including phenoxy) is 1. The first-order chi connectivity index (χ1) is 8.42. The van der Waals surface area contributed by atoms with Crippen LogP contribution in [0, 0.1) is 0 Å². The summed E-state index contributed by atoms with van der Waals surface area (Å²) in [7, 11) is 0. The number of fused-ring (bicyclic) bond motifs is 1. The summed E-state index contributed by atoms with van der Waals surface area (Å²) in [6.45, 7) is 2.09. The molecule has 1 saturated heterocycles. The monoisotopic (exact) mass is 227 g/mol. The number of nitrogens with one attached hydrogen (secondary N) is 1. The lowest BCUT2D eigenvalue weighted by atomic mass is 10.1. The van der Waals surface area contributed by atoms with Gasteiger partial charge < -0.3 is 10.1 Å². The predicted octanol–water partition coefficient (Wildman–Crippen LogP) is 2.97. The lowest BCUT2D eigenvalue weighted by Crippen LogP contribution is -2.37. The summed E-state index contributed by atoms with van der Waals surface area (Å²) >= 11 is 0. The molecule has 2 aromatic rings. The van der Waals surface area contributed by atoms with Crippen LogP contribution in [0.1, 0.15) is 12.8 Å². The van der Waals surface area contributed by atoms with Crippen molar-refractivity contribution in [3.63, 3.8) is 0 Å². The van der Waals surface area contributed by atoms with E-state index in [1.54, 1.807) is 0 Å². The Balaban J connectivity index is 1.80. The van der Waals surface area contributed by atoms with E-state index in [9.17, 15) is 0 Å². The van der Waals surface area contributed by atoms with Gasteiger partial charge >= 0.3 is 0 Å². The first-order valence-electron chi connectivity index (χ1n) is 6.28. The van der Waals surface area contributed by atoms with Gasteiger partial charge in [0.05, 0.1) is 0 Å². The fourth-order valence-corrected chi connectivity index (χ4v) is 2.35. The second-order valence-corrected chi connectivity index (χ2v) is 4.60. The SMILES string of the molecule is c1ccc2cc(OC3CCCNC3)ccc2c1. The quantitative estimate of drug-likeness (QED) is 0.851. The van der Waals surface area contributed by atoms with E-state index in [4.69, 9.17) is 4.74 Å². The maximum Gasteiger partial charge on any atom is 0.120 e. The molecule has 88 valence electrons. The van der Waals surface area contributed by atoms with Crippen LogP contribution in [0.15, 0.2) is 42.5 Å². The van der Waals surface area contributed by atoms with E-state index in [0.29, 0.717) is 6.10 Å². The van der Waals surface area contributed by atoms with E-state index >= 15 is 0 Å². The Hall–Kier alpha value is -1.54. The summed E-state index contributed by atoms with van der Waals surface area (Å²) in [6.07, 6.45) is 2.68. The van der Waals surface area contributed by atoms with Gasteiger partial charge in [0.1, 0.15) is 11.9 Å². The molecule has 2 heteroatoms. The van der Waals surface area contributed by atoms with Gasteiger partial charge in [-0.2, -0.15) is 0 Å². The highest BCUT2D eigenvalue weighted by Gasteiger charge is 2.14. The second kappa shape index (κ2) is 4.76. The van der Waals surface area contributed by atoms with Crippen molar-refractivity contribution in [3.8, 4) is 5.75 Å². The molecular formula is C15H17NO. The third kappa shape index (κ3) is 2.42. The highest BCUT2D eigenvalue weighted by atomic mass is 16.5. The molecular weight excluding hydrogens is 210 g/mol. The van der Waals surface area contributed by atoms with Crippen molar-refractivity contribution in [2.24, 2.45) is 0 Å². The number of hydrogen-bond donors (Lipinski definition) is 1. The minimum Gasteiger partial charge on any atom is -0.489 e. The zero-order valence-corrected chi connectivity index (χ0v) is 9.86. The van der Waals surface area contributed by atoms with Crippen LogP contribution in [0.3, 0.4) is 0 Å². The fourth-order valence-electron chi connectivity index (χ4n) is 2.35. The Morgan fingerprint density at radius 2 is 1.94 bits per heavy atom. The summed E-state index contributed by atoms with van der Waals surface area (Å²) in [5.41, 5.74) is 0. The topological polar surface area (TPSA) is 21.3 Å². The molecule has 1 atom stereocenters. The van der Waals surface area contributed by atoms with Gasteiger partial charge in [0.2, 0.25) is 0 Å². The molecule has 1 N–H and O–H groups in total. The van der Waals surface area contributed by atoms with Crippen LogP contribution in [0.4, 0.5) is 0 Å². The molecule has 0 amide bonds. The summed E-state index contributed by atoms with van der Waals surface area (Å²) in [5, 5.41) is 5.88. The fraction of sp³-hybridized carbons (Fsp3) is 0.333. The summed E-state index contributed by atoms with van der Waals surface area (Å²) in [6, 6.07) is 14.7. The van der Waals surface area contributed by atoms with E-state index in [1.807, 2.05) is 0 Å². The van der Waals surface area contributed by atoms with Crippen LogP contribution in [0.25, 0.3) is 10.8 Å². The van der Waals surface area contributed by atoms with Crippen LogP contribution < -0.4 is 10.1 Å². The lowest BCUT2D eigenvalue weighted by Gasteiger charge is -2.24. The molecule has 17 heavy (non-hydrogen) atoms. The van der Waals surface area contributed by atoms with Crippen molar-refractivity contribution in [2.75, 3.05) is 13.1 Å². The Morgan fingerprint density at radius 3 is 2.76 bits per heavy atom. The van der Waals surface area contributed by atoms with E-state index in [2.05, 4.69) is 47.8 Å². The van der Waals surface area contributed by atoms with Crippen molar-refractivity contribution in [1.82, 2.24) is 5.32 Å². The van der Waals surface area contributed by atoms with E-state index in [-0.39, 0.29) is 0 Å². The highest BCUT2D eigenvalue weighted by molar-refractivity contribution is 5.83. The molecule has 1 aliphatic heterocycles. The van der Waals surface area contributed by atoms with Crippen molar-refractivity contribution < 1.29 is 4.74 Å². The molecule has 0 aliphatic carbocycles. The summed E-state index contributed by atoms with van der Waals surface area (Å²) < 4.78 is 6.00. The molecule has 0 aromatic heterocycles. The Morgan fingerprint density at radius 1 is 1.06 bits per heavy atom. The average Bonchev–Trinajstić information content (AvgIpc) is 2.40. The maximum atomic E-state index is 6.00. The van der Waals surface area contributed by atoms with Crippen LogP contribution in [0.2, 0.25) is 0 Å². The molecule has 0 radical (unpaired) electrons. The molecule has 0 bridgehead atoms. The summed E-state index contributed by atoms with van der Waals surface area (Å²) in [4.78, 5) is 0. The number of rotatable bonds is 2. The molecule has 0 spiro atoms. The zero-order valence-electron chi connectivity index (χ0n) is 9.86. The molecule has 2 nitrogen and oxygen atoms in total. The van der Waals surface area contributed by atoms with Crippen LogP contribution in [-0.4, -0.2) is 19.2 Å². The predicted molar refractivity (Wildman–Crippen MR) is 70.5 cm³/mol. The Bertz CT molecular complexity index is 503. The number of benzene rings is 2. The van der Waals surface area contributed by atoms with Gasteiger partial charge in [0.25, 0.3) is 0 Å². The third-order valence-corrected chi connectivity index (χ3v) is 3.28. The maximum absolute atomic E-state index is 6.00. The van der Waals surface area contributed by atoms with Gasteiger partial charge in [0.15, 0.2) is 0 Å². The largest absolute Gasteiger partial charge is 0.489 e. The molecule has 0 saturated carbocycles. The van der Waals surface area contributed by atoms with E-state index < -0.39 is 0 Å². The first-order valence-corrected chi connectivity index (χ1v) is 6.28. The average molecular weight is 227 g/mol. The highest BCUT2D eigenvalue weighted by Crippen LogP contribution is 2.22. The minimum atomic E-state index is 0.324. The lowest BCUT2D eigenvalue weighted by molar-refractivity contribution is 0.167.